The average molecular weight is 543 g/mol. The van der Waals surface area contributed by atoms with Gasteiger partial charge in [0.25, 0.3) is 5.91 Å². The lowest BCUT2D eigenvalue weighted by Gasteiger charge is -2.14. The molecule has 0 fully saturated rings. The van der Waals surface area contributed by atoms with Gasteiger partial charge in [0.15, 0.2) is 0 Å². The number of amides is 1. The zero-order chi connectivity index (χ0) is 27.0. The Balaban J connectivity index is 1.15. The number of aliphatic hydroxyl groups is 2. The summed E-state index contributed by atoms with van der Waals surface area (Å²) >= 11 is 1.41. The molecule has 0 aliphatic carbocycles. The second-order valence-electron chi connectivity index (χ2n) is 8.98. The van der Waals surface area contributed by atoms with Gasteiger partial charge in [-0.2, -0.15) is 0 Å². The van der Waals surface area contributed by atoms with E-state index < -0.39 is 6.10 Å². The molecule has 0 aliphatic heterocycles. The van der Waals surface area contributed by atoms with Crippen LogP contribution in [0.1, 0.15) is 58.1 Å². The van der Waals surface area contributed by atoms with Crippen molar-refractivity contribution >= 4 is 22.9 Å². The van der Waals surface area contributed by atoms with E-state index in [1.807, 2.05) is 35.7 Å². The molecule has 0 bridgehead atoms. The maximum absolute atomic E-state index is 12.2. The lowest BCUT2D eigenvalue weighted by Crippen LogP contribution is -2.22. The number of carbonyl (C=O) groups is 1. The number of phenols is 1. The Morgan fingerprint density at radius 1 is 0.947 bits per heavy atom. The van der Waals surface area contributed by atoms with Gasteiger partial charge in [0.2, 0.25) is 0 Å². The second-order valence-corrected chi connectivity index (χ2v) is 9.92. The maximum Gasteiger partial charge on any atom is 0.265 e. The fraction of sp³-hybridized carbons (Fsp3) is 0.414. The molecule has 1 aromatic heterocycles. The fourth-order valence-corrected chi connectivity index (χ4v) is 4.47. The van der Waals surface area contributed by atoms with Crippen LogP contribution in [0.15, 0.2) is 60.0 Å². The van der Waals surface area contributed by atoms with E-state index in [1.54, 1.807) is 18.2 Å². The zero-order valence-electron chi connectivity index (χ0n) is 21.6. The van der Waals surface area contributed by atoms with Crippen LogP contribution < -0.4 is 10.6 Å². The van der Waals surface area contributed by atoms with Crippen LogP contribution in [0, 0.1) is 0 Å². The number of hydrogen-bond acceptors (Lipinski definition) is 8. The van der Waals surface area contributed by atoms with Crippen LogP contribution in [0.4, 0.5) is 5.69 Å². The van der Waals surface area contributed by atoms with Crippen LogP contribution in [-0.4, -0.2) is 54.1 Å². The van der Waals surface area contributed by atoms with Gasteiger partial charge >= 0.3 is 0 Å². The van der Waals surface area contributed by atoms with E-state index in [-0.39, 0.29) is 18.3 Å². The van der Waals surface area contributed by atoms with Crippen LogP contribution in [0.5, 0.6) is 5.75 Å². The summed E-state index contributed by atoms with van der Waals surface area (Å²) in [5.41, 5.74) is 2.83. The van der Waals surface area contributed by atoms with Crippen molar-refractivity contribution < 1.29 is 29.6 Å². The quantitative estimate of drug-likeness (QED) is 0.149. The monoisotopic (exact) mass is 542 g/mol. The Labute approximate surface area is 228 Å². The Morgan fingerprint density at radius 3 is 2.61 bits per heavy atom. The molecule has 1 heterocycles. The van der Waals surface area contributed by atoms with Crippen LogP contribution in [-0.2, 0) is 22.7 Å². The van der Waals surface area contributed by atoms with Gasteiger partial charge in [-0.25, -0.2) is 0 Å². The molecule has 8 nitrogen and oxygen atoms in total. The van der Waals surface area contributed by atoms with Crippen molar-refractivity contribution in [2.24, 2.45) is 0 Å². The molecule has 3 aromatic rings. The van der Waals surface area contributed by atoms with Gasteiger partial charge in [-0.1, -0.05) is 37.1 Å². The number of nitrogens with one attached hydrogen (secondary N) is 2. The first kappa shape index (κ1) is 29.8. The first-order chi connectivity index (χ1) is 18.6. The molecule has 0 spiro atoms. The van der Waals surface area contributed by atoms with Crippen LogP contribution in [0.2, 0.25) is 0 Å². The summed E-state index contributed by atoms with van der Waals surface area (Å²) in [6.45, 7) is 3.20. The molecular weight excluding hydrogens is 504 g/mol. The summed E-state index contributed by atoms with van der Waals surface area (Å²) in [4.78, 5) is 12.9. The summed E-state index contributed by atoms with van der Waals surface area (Å²) in [6, 6.07) is 16.1. The van der Waals surface area contributed by atoms with Crippen LogP contribution in [0.25, 0.3) is 0 Å². The molecule has 1 amide bonds. The maximum atomic E-state index is 12.2. The lowest BCUT2D eigenvalue weighted by molar-refractivity contribution is 0.0393. The first-order valence-electron chi connectivity index (χ1n) is 13.0. The predicted octanol–water partition coefficient (Wildman–Crippen LogP) is 4.62. The first-order valence-corrected chi connectivity index (χ1v) is 13.9. The molecule has 0 unspecified atom stereocenters. The van der Waals surface area contributed by atoms with E-state index >= 15 is 0 Å². The number of aliphatic hydroxyl groups excluding tert-OH is 2. The number of hydrogen-bond donors (Lipinski definition) is 5. The number of benzene rings is 2. The SMILES string of the molecule is O=C(Nc1cccc(COCCOCCCCCCNC[C@H](O)c2ccc(O)c(CO)c2)c1)c1cccs1. The minimum Gasteiger partial charge on any atom is -0.508 e. The molecule has 3 rings (SSSR count). The highest BCUT2D eigenvalue weighted by molar-refractivity contribution is 7.12. The van der Waals surface area contributed by atoms with E-state index in [9.17, 15) is 20.1 Å². The fourth-order valence-electron chi connectivity index (χ4n) is 3.85. The van der Waals surface area contributed by atoms with Gasteiger partial charge < -0.3 is 35.4 Å². The minimum atomic E-state index is -0.683. The van der Waals surface area contributed by atoms with E-state index in [0.29, 0.717) is 49.0 Å². The topological polar surface area (TPSA) is 120 Å². The molecule has 0 saturated carbocycles. The normalized spacial score (nSPS) is 11.9. The Hall–Kier alpha value is -2.79. The number of aromatic hydroxyl groups is 1. The highest BCUT2D eigenvalue weighted by Crippen LogP contribution is 2.22. The molecule has 0 saturated heterocycles. The van der Waals surface area contributed by atoms with E-state index in [0.717, 1.165) is 43.5 Å². The third-order valence-electron chi connectivity index (χ3n) is 5.96. The summed E-state index contributed by atoms with van der Waals surface area (Å²) in [6.07, 6.45) is 3.48. The molecule has 5 N–H and O–H groups in total. The van der Waals surface area contributed by atoms with Gasteiger partial charge in [0.05, 0.1) is 37.4 Å². The highest BCUT2D eigenvalue weighted by atomic mass is 32.1. The molecule has 2 aromatic carbocycles. The number of unbranched alkanes of at least 4 members (excludes halogenated alkanes) is 3. The lowest BCUT2D eigenvalue weighted by atomic mass is 10.1. The molecule has 206 valence electrons. The third kappa shape index (κ3) is 10.5. The summed E-state index contributed by atoms with van der Waals surface area (Å²) < 4.78 is 11.4. The van der Waals surface area contributed by atoms with Crippen molar-refractivity contribution in [1.29, 1.82) is 0 Å². The number of thiophene rings is 1. The van der Waals surface area contributed by atoms with Crippen molar-refractivity contribution in [2.75, 3.05) is 38.2 Å². The van der Waals surface area contributed by atoms with Gasteiger partial charge in [-0.05, 0) is 66.2 Å². The molecule has 0 radical (unpaired) electrons. The van der Waals surface area contributed by atoms with Gasteiger partial charge in [0.1, 0.15) is 5.75 Å². The summed E-state index contributed by atoms with van der Waals surface area (Å²) in [5.74, 6) is -0.0720. The molecule has 1 atom stereocenters. The van der Waals surface area contributed by atoms with Crippen LogP contribution >= 0.6 is 11.3 Å². The Bertz CT molecular complexity index is 1090. The third-order valence-corrected chi connectivity index (χ3v) is 6.83. The van der Waals surface area contributed by atoms with Crippen molar-refractivity contribution in [3.63, 3.8) is 0 Å². The summed E-state index contributed by atoms with van der Waals surface area (Å²) in [5, 5.41) is 37.2. The highest BCUT2D eigenvalue weighted by Gasteiger charge is 2.10. The standard InChI is InChI=1S/C29H38N2O6S/c32-20-24-18-23(10-11-26(24)33)27(34)19-30-12-3-1-2-4-13-36-14-15-37-21-22-7-5-8-25(17-22)31-29(35)28-9-6-16-38-28/h5-11,16-18,27,30,32-34H,1-4,12-15,19-21H2,(H,31,35)/t27-/m0/s1. The zero-order valence-corrected chi connectivity index (χ0v) is 22.4. The molecule has 0 aliphatic rings. The average Bonchev–Trinajstić information content (AvgIpc) is 3.47. The van der Waals surface area contributed by atoms with Crippen molar-refractivity contribution in [1.82, 2.24) is 5.32 Å². The Kier molecular flexibility index (Phi) is 13.3. The Morgan fingerprint density at radius 2 is 1.79 bits per heavy atom. The van der Waals surface area contributed by atoms with E-state index in [4.69, 9.17) is 9.47 Å². The van der Waals surface area contributed by atoms with E-state index in [2.05, 4.69) is 10.6 Å². The largest absolute Gasteiger partial charge is 0.508 e. The predicted molar refractivity (Wildman–Crippen MR) is 150 cm³/mol. The molecular formula is C29H38N2O6S. The van der Waals surface area contributed by atoms with Crippen molar-refractivity contribution in [2.45, 2.75) is 45.0 Å². The second kappa shape index (κ2) is 16.9. The number of rotatable bonds is 18. The van der Waals surface area contributed by atoms with Gasteiger partial charge in [-0.15, -0.1) is 11.3 Å². The number of ether oxygens (including phenoxy) is 2. The number of carbonyl (C=O) groups excluding carboxylic acids is 1. The number of anilines is 1. The summed E-state index contributed by atoms with van der Waals surface area (Å²) in [7, 11) is 0. The van der Waals surface area contributed by atoms with Crippen LogP contribution in [0.3, 0.4) is 0 Å². The smallest absolute Gasteiger partial charge is 0.265 e. The van der Waals surface area contributed by atoms with Gasteiger partial charge in [-0.3, -0.25) is 4.79 Å². The molecule has 38 heavy (non-hydrogen) atoms. The minimum absolute atomic E-state index is 0.0344. The van der Waals surface area contributed by atoms with Crippen molar-refractivity contribution in [3.8, 4) is 5.75 Å². The van der Waals surface area contributed by atoms with Crippen molar-refractivity contribution in [3.05, 3.63) is 81.5 Å². The van der Waals surface area contributed by atoms with E-state index in [1.165, 1.54) is 17.4 Å². The molecule has 9 heteroatoms. The van der Waals surface area contributed by atoms with Gasteiger partial charge in [0, 0.05) is 24.4 Å².